The highest BCUT2D eigenvalue weighted by Gasteiger charge is 2.38. The van der Waals surface area contributed by atoms with Crippen molar-refractivity contribution in [2.24, 2.45) is 0 Å². The van der Waals surface area contributed by atoms with E-state index in [0.29, 0.717) is 10.0 Å². The number of hydrogen-bond acceptors (Lipinski definition) is 6. The Hall–Kier alpha value is -3.59. The Balaban J connectivity index is 1.90. The Kier molecular flexibility index (Phi) is 5.69. The van der Waals surface area contributed by atoms with Gasteiger partial charge in [0.1, 0.15) is 6.54 Å². The van der Waals surface area contributed by atoms with Crippen molar-refractivity contribution in [1.82, 2.24) is 10.0 Å². The quantitative estimate of drug-likeness (QED) is 0.310. The van der Waals surface area contributed by atoms with Gasteiger partial charge in [-0.2, -0.15) is 5.01 Å². The van der Waals surface area contributed by atoms with Crippen LogP contribution in [0.3, 0.4) is 0 Å². The molecule has 148 valence electrons. The first-order valence-corrected chi connectivity index (χ1v) is 8.86. The topological polar surface area (TPSA) is 118 Å². The molecule has 0 unspecified atom stereocenters. The third-order valence-corrected chi connectivity index (χ3v) is 4.54. The summed E-state index contributed by atoms with van der Waals surface area (Å²) in [5, 5.41) is 12.6. The molecule has 2 aromatic rings. The minimum Gasteiger partial charge on any atom is -0.292 e. The molecule has 0 radical (unpaired) electrons. The zero-order chi connectivity index (χ0) is 21.1. The van der Waals surface area contributed by atoms with Gasteiger partial charge in [-0.25, -0.2) is 5.01 Å². The van der Waals surface area contributed by atoms with Crippen LogP contribution >= 0.6 is 11.6 Å². The zero-order valence-electron chi connectivity index (χ0n) is 14.9. The summed E-state index contributed by atoms with van der Waals surface area (Å²) in [5.41, 5.74) is 0.0440. The van der Waals surface area contributed by atoms with Crippen LogP contribution in [0.2, 0.25) is 5.02 Å². The zero-order valence-corrected chi connectivity index (χ0v) is 15.7. The van der Waals surface area contributed by atoms with E-state index in [1.807, 2.05) is 0 Å². The van der Waals surface area contributed by atoms with Crippen molar-refractivity contribution in [2.75, 3.05) is 6.54 Å². The number of imide groups is 1. The predicted octanol–water partition coefficient (Wildman–Crippen LogP) is 2.64. The highest BCUT2D eigenvalue weighted by atomic mass is 35.5. The predicted molar refractivity (Wildman–Crippen MR) is 101 cm³/mol. The van der Waals surface area contributed by atoms with E-state index >= 15 is 0 Å². The van der Waals surface area contributed by atoms with Crippen LogP contribution in [-0.2, 0) is 9.59 Å². The molecule has 1 fully saturated rings. The van der Waals surface area contributed by atoms with Crippen LogP contribution in [0.25, 0.3) is 0 Å². The average molecular weight is 416 g/mol. The smallest absolute Gasteiger partial charge is 0.273 e. The van der Waals surface area contributed by atoms with E-state index in [0.717, 1.165) is 17.1 Å². The summed E-state index contributed by atoms with van der Waals surface area (Å²) in [6, 6.07) is 10.6. The number of hydrogen-bond donors (Lipinski definition) is 0. The second-order valence-corrected chi connectivity index (χ2v) is 6.63. The lowest BCUT2D eigenvalue weighted by Crippen LogP contribution is -2.51. The van der Waals surface area contributed by atoms with E-state index in [9.17, 15) is 29.3 Å². The summed E-state index contributed by atoms with van der Waals surface area (Å²) >= 11 is 5.82. The van der Waals surface area contributed by atoms with Crippen molar-refractivity contribution in [3.63, 3.8) is 0 Å². The van der Waals surface area contributed by atoms with Crippen LogP contribution in [0.4, 0.5) is 5.69 Å². The van der Waals surface area contributed by atoms with Gasteiger partial charge in [0.15, 0.2) is 5.78 Å². The first kappa shape index (κ1) is 20.2. The molecule has 1 aliphatic rings. The maximum absolute atomic E-state index is 12.9. The van der Waals surface area contributed by atoms with E-state index in [4.69, 9.17) is 11.6 Å². The number of rotatable bonds is 6. The molecule has 0 saturated carbocycles. The summed E-state index contributed by atoms with van der Waals surface area (Å²) in [6.45, 7) is -0.587. The molecule has 1 heterocycles. The molecule has 9 nitrogen and oxygen atoms in total. The number of carbonyl (C=O) groups is 4. The van der Waals surface area contributed by atoms with E-state index in [2.05, 4.69) is 0 Å². The minimum atomic E-state index is -0.722. The van der Waals surface area contributed by atoms with Gasteiger partial charge in [0.05, 0.1) is 4.92 Å². The number of benzene rings is 2. The molecular weight excluding hydrogens is 402 g/mol. The van der Waals surface area contributed by atoms with Gasteiger partial charge >= 0.3 is 0 Å². The van der Waals surface area contributed by atoms with Gasteiger partial charge in [0.25, 0.3) is 11.6 Å². The van der Waals surface area contributed by atoms with Crippen molar-refractivity contribution >= 4 is 40.8 Å². The number of amides is 3. The first-order chi connectivity index (χ1) is 13.8. The van der Waals surface area contributed by atoms with Crippen LogP contribution < -0.4 is 0 Å². The van der Waals surface area contributed by atoms with Gasteiger partial charge in [-0.15, -0.1) is 0 Å². The van der Waals surface area contributed by atoms with Crippen molar-refractivity contribution < 1.29 is 24.1 Å². The van der Waals surface area contributed by atoms with Crippen molar-refractivity contribution in [3.8, 4) is 0 Å². The number of non-ortho nitro benzene ring substituents is 1. The standard InChI is InChI=1S/C19H14ClN3O6/c20-14-5-1-13(2-6-14)19(27)21(22-17(25)9-10-18(22)26)11-16(24)12-3-7-15(8-4-12)23(28)29/h1-8H,9-11H2. The van der Waals surface area contributed by atoms with Crippen molar-refractivity contribution in [1.29, 1.82) is 0 Å². The molecule has 3 amide bonds. The summed E-state index contributed by atoms with van der Waals surface area (Å²) in [5.74, 6) is -2.49. The number of halogens is 1. The van der Waals surface area contributed by atoms with Crippen LogP contribution in [0, 0.1) is 10.1 Å². The number of Topliss-reactive ketones (excluding diaryl/α,β-unsaturated/α-hetero) is 1. The number of hydrazine groups is 1. The maximum Gasteiger partial charge on any atom is 0.273 e. The molecule has 29 heavy (non-hydrogen) atoms. The lowest BCUT2D eigenvalue weighted by Gasteiger charge is -2.29. The average Bonchev–Trinajstić information content (AvgIpc) is 3.04. The summed E-state index contributed by atoms with van der Waals surface area (Å²) < 4.78 is 0. The van der Waals surface area contributed by atoms with Crippen LogP contribution in [0.1, 0.15) is 33.6 Å². The second kappa shape index (κ2) is 8.19. The number of nitrogens with zero attached hydrogens (tertiary/aromatic N) is 3. The molecule has 2 aromatic carbocycles. The molecule has 10 heteroatoms. The van der Waals surface area contributed by atoms with Crippen LogP contribution in [0.15, 0.2) is 48.5 Å². The van der Waals surface area contributed by atoms with Crippen molar-refractivity contribution in [2.45, 2.75) is 12.8 Å². The SMILES string of the molecule is O=C(CN(C(=O)c1ccc(Cl)cc1)N1C(=O)CCC1=O)c1ccc([N+](=O)[O-])cc1. The van der Waals surface area contributed by atoms with Gasteiger partial charge in [0, 0.05) is 41.1 Å². The lowest BCUT2D eigenvalue weighted by molar-refractivity contribution is -0.384. The Morgan fingerprint density at radius 3 is 2.00 bits per heavy atom. The normalized spacial score (nSPS) is 13.5. The van der Waals surface area contributed by atoms with Gasteiger partial charge in [-0.05, 0) is 36.4 Å². The Bertz CT molecular complexity index is 988. The third-order valence-electron chi connectivity index (χ3n) is 4.29. The maximum atomic E-state index is 12.9. The van der Waals surface area contributed by atoms with E-state index in [1.165, 1.54) is 36.4 Å². The molecular formula is C19H14ClN3O6. The molecule has 1 aliphatic heterocycles. The molecule has 1 saturated heterocycles. The molecule has 0 aliphatic carbocycles. The van der Waals surface area contributed by atoms with E-state index in [1.54, 1.807) is 0 Å². The fourth-order valence-electron chi connectivity index (χ4n) is 2.81. The third kappa shape index (κ3) is 4.30. The summed E-state index contributed by atoms with van der Waals surface area (Å²) in [4.78, 5) is 60.1. The first-order valence-electron chi connectivity index (χ1n) is 8.48. The fourth-order valence-corrected chi connectivity index (χ4v) is 2.93. The Labute approximate surface area is 169 Å². The second-order valence-electron chi connectivity index (χ2n) is 6.20. The monoisotopic (exact) mass is 415 g/mol. The van der Waals surface area contributed by atoms with Crippen LogP contribution in [0.5, 0.6) is 0 Å². The fraction of sp³-hybridized carbons (Fsp3) is 0.158. The molecule has 0 aromatic heterocycles. The highest BCUT2D eigenvalue weighted by Crippen LogP contribution is 2.20. The summed E-state index contributed by atoms with van der Waals surface area (Å²) in [7, 11) is 0. The summed E-state index contributed by atoms with van der Waals surface area (Å²) in [6.07, 6.45) is -0.121. The van der Waals surface area contributed by atoms with Gasteiger partial charge in [-0.3, -0.25) is 29.3 Å². The number of nitro groups is 1. The van der Waals surface area contributed by atoms with Gasteiger partial charge in [-0.1, -0.05) is 11.6 Å². The van der Waals surface area contributed by atoms with Crippen LogP contribution in [-0.4, -0.2) is 45.0 Å². The highest BCUT2D eigenvalue weighted by molar-refractivity contribution is 6.30. The minimum absolute atomic E-state index is 0.0606. The number of ketones is 1. The lowest BCUT2D eigenvalue weighted by atomic mass is 10.1. The molecule has 0 spiro atoms. The van der Waals surface area contributed by atoms with E-state index in [-0.39, 0.29) is 29.7 Å². The molecule has 0 N–H and O–H groups in total. The number of nitro benzene ring substituents is 1. The Morgan fingerprint density at radius 1 is 0.966 bits per heavy atom. The molecule has 0 atom stereocenters. The molecule has 3 rings (SSSR count). The van der Waals surface area contributed by atoms with Gasteiger partial charge < -0.3 is 0 Å². The largest absolute Gasteiger partial charge is 0.292 e. The number of carbonyl (C=O) groups excluding carboxylic acids is 4. The molecule has 0 bridgehead atoms. The van der Waals surface area contributed by atoms with Crippen molar-refractivity contribution in [3.05, 3.63) is 74.8 Å². The Morgan fingerprint density at radius 2 is 1.48 bits per heavy atom. The van der Waals surface area contributed by atoms with Gasteiger partial charge in [0.2, 0.25) is 11.8 Å². The van der Waals surface area contributed by atoms with E-state index < -0.39 is 35.0 Å².